The monoisotopic (exact) mass is 481 g/mol. The highest BCUT2D eigenvalue weighted by atomic mass is 32.2. The van der Waals surface area contributed by atoms with Crippen LogP contribution in [0.3, 0.4) is 0 Å². The predicted molar refractivity (Wildman–Crippen MR) is 110 cm³/mol. The average molecular weight is 482 g/mol. The Morgan fingerprint density at radius 3 is 2.36 bits per heavy atom. The van der Waals surface area contributed by atoms with Crippen molar-refractivity contribution >= 4 is 21.6 Å². The lowest BCUT2D eigenvalue weighted by Gasteiger charge is -2.13. The molecule has 0 aromatic carbocycles. The van der Waals surface area contributed by atoms with Crippen molar-refractivity contribution in [2.75, 3.05) is 5.32 Å². The molecule has 3 N–H and O–H groups in total. The molecule has 2 spiro atoms. The number of sulfonamides is 1. The van der Waals surface area contributed by atoms with Gasteiger partial charge in [0.15, 0.2) is 5.03 Å². The van der Waals surface area contributed by atoms with Crippen LogP contribution in [0.1, 0.15) is 66.2 Å². The third kappa shape index (κ3) is 3.21. The minimum atomic E-state index is -4.75. The van der Waals surface area contributed by atoms with Crippen molar-refractivity contribution < 1.29 is 26.4 Å². The molecule has 0 saturated heterocycles. The van der Waals surface area contributed by atoms with Gasteiger partial charge in [0.2, 0.25) is 0 Å². The second-order valence-corrected chi connectivity index (χ2v) is 11.3. The molecule has 33 heavy (non-hydrogen) atoms. The first kappa shape index (κ1) is 21.1. The Morgan fingerprint density at radius 2 is 1.85 bits per heavy atom. The summed E-state index contributed by atoms with van der Waals surface area (Å²) >= 11 is 0. The van der Waals surface area contributed by atoms with E-state index in [4.69, 9.17) is 5.14 Å². The first-order chi connectivity index (χ1) is 15.5. The largest absolute Gasteiger partial charge is 0.420 e. The van der Waals surface area contributed by atoms with Crippen molar-refractivity contribution in [1.82, 2.24) is 14.8 Å². The highest BCUT2D eigenvalue weighted by molar-refractivity contribution is 7.89. The number of primary sulfonamides is 1. The second kappa shape index (κ2) is 6.35. The van der Waals surface area contributed by atoms with Crippen LogP contribution in [-0.4, -0.2) is 29.1 Å². The SMILES string of the molecule is NS(=O)(=O)c1cc(NC(=O)c2c(C(F)(F)F)c(C3CC3)nn2CC2C3(CC3)C23CC3)ccn1. The van der Waals surface area contributed by atoms with Gasteiger partial charge in [-0.3, -0.25) is 9.48 Å². The zero-order valence-corrected chi connectivity index (χ0v) is 18.3. The highest BCUT2D eigenvalue weighted by Crippen LogP contribution is 2.92. The first-order valence-corrected chi connectivity index (χ1v) is 12.5. The molecule has 4 aliphatic carbocycles. The van der Waals surface area contributed by atoms with Gasteiger partial charge < -0.3 is 5.32 Å². The van der Waals surface area contributed by atoms with E-state index in [9.17, 15) is 26.4 Å². The van der Waals surface area contributed by atoms with Crippen molar-refractivity contribution in [2.24, 2.45) is 21.9 Å². The van der Waals surface area contributed by atoms with Crippen LogP contribution >= 0.6 is 0 Å². The number of nitrogens with one attached hydrogen (secondary N) is 1. The molecule has 4 saturated carbocycles. The Bertz CT molecular complexity index is 1270. The highest BCUT2D eigenvalue weighted by Gasteiger charge is 2.86. The summed E-state index contributed by atoms with van der Waals surface area (Å²) in [5.41, 5.74) is -1.12. The Balaban J connectivity index is 1.38. The Hall–Kier alpha value is -2.47. The van der Waals surface area contributed by atoms with Gasteiger partial charge in [-0.2, -0.15) is 18.3 Å². The molecule has 0 radical (unpaired) electrons. The van der Waals surface area contributed by atoms with E-state index in [1.165, 1.54) is 10.7 Å². The smallest absolute Gasteiger partial charge is 0.320 e. The van der Waals surface area contributed by atoms with Crippen LogP contribution in [-0.2, 0) is 22.7 Å². The van der Waals surface area contributed by atoms with E-state index in [0.29, 0.717) is 12.8 Å². The molecule has 0 unspecified atom stereocenters. The first-order valence-electron chi connectivity index (χ1n) is 10.9. The molecule has 176 valence electrons. The Kier molecular flexibility index (Phi) is 4.06. The van der Waals surface area contributed by atoms with Crippen LogP contribution in [0, 0.1) is 16.7 Å². The van der Waals surface area contributed by atoms with E-state index < -0.39 is 38.4 Å². The van der Waals surface area contributed by atoms with Crippen molar-refractivity contribution in [3.8, 4) is 0 Å². The summed E-state index contributed by atoms with van der Waals surface area (Å²) in [5.74, 6) is -1.03. The van der Waals surface area contributed by atoms with Crippen LogP contribution in [0.25, 0.3) is 0 Å². The predicted octanol–water partition coefficient (Wildman–Crippen LogP) is 3.26. The van der Waals surface area contributed by atoms with Crippen molar-refractivity contribution in [3.05, 3.63) is 35.3 Å². The van der Waals surface area contributed by atoms with Gasteiger partial charge in [0, 0.05) is 30.4 Å². The zero-order chi connectivity index (χ0) is 23.4. The summed E-state index contributed by atoms with van der Waals surface area (Å²) in [5, 5.41) is 11.3. The third-order valence-electron chi connectivity index (χ3n) is 7.90. The van der Waals surface area contributed by atoms with Gasteiger partial charge >= 0.3 is 6.18 Å². The molecule has 0 atom stereocenters. The zero-order valence-electron chi connectivity index (χ0n) is 17.5. The number of pyridine rings is 1. The molecular formula is C21H22F3N5O3S. The molecule has 2 aromatic heterocycles. The number of fused-ring (bicyclic) bond motifs is 1. The number of carbonyl (C=O) groups is 1. The number of aromatic nitrogens is 3. The second-order valence-electron chi connectivity index (χ2n) is 9.81. The van der Waals surface area contributed by atoms with E-state index in [2.05, 4.69) is 15.4 Å². The molecule has 2 aromatic rings. The maximum Gasteiger partial charge on any atom is 0.420 e. The van der Waals surface area contributed by atoms with Gasteiger partial charge in [-0.05, 0) is 61.3 Å². The number of amides is 1. The van der Waals surface area contributed by atoms with Gasteiger partial charge in [-0.15, -0.1) is 0 Å². The summed E-state index contributed by atoms with van der Waals surface area (Å²) in [4.78, 5) is 16.8. The Morgan fingerprint density at radius 1 is 1.21 bits per heavy atom. The quantitative estimate of drug-likeness (QED) is 0.656. The summed E-state index contributed by atoms with van der Waals surface area (Å²) in [6, 6.07) is 2.31. The van der Waals surface area contributed by atoms with E-state index in [-0.39, 0.29) is 40.6 Å². The van der Waals surface area contributed by atoms with Crippen molar-refractivity contribution in [2.45, 2.75) is 62.2 Å². The molecule has 1 amide bonds. The number of rotatable bonds is 6. The van der Waals surface area contributed by atoms with Gasteiger partial charge in [0.05, 0.1) is 5.69 Å². The normalized spacial score (nSPS) is 22.5. The number of nitrogens with zero attached hydrogens (tertiary/aromatic N) is 3. The van der Waals surface area contributed by atoms with Gasteiger partial charge in [-0.25, -0.2) is 18.5 Å². The van der Waals surface area contributed by atoms with Gasteiger partial charge in [-0.1, -0.05) is 0 Å². The fourth-order valence-corrected chi connectivity index (χ4v) is 6.42. The number of hydrogen-bond donors (Lipinski definition) is 2. The Labute approximate surface area is 187 Å². The van der Waals surface area contributed by atoms with Crippen LogP contribution in [0.4, 0.5) is 18.9 Å². The maximum absolute atomic E-state index is 14.2. The fraction of sp³-hybridized carbons (Fsp3) is 0.571. The van der Waals surface area contributed by atoms with Crippen molar-refractivity contribution in [1.29, 1.82) is 0 Å². The molecular weight excluding hydrogens is 459 g/mol. The lowest BCUT2D eigenvalue weighted by molar-refractivity contribution is -0.138. The molecule has 0 bridgehead atoms. The number of halogens is 3. The molecule has 0 aliphatic heterocycles. The average Bonchev–Trinajstić information content (AvgIpc) is 3.56. The lowest BCUT2D eigenvalue weighted by Crippen LogP contribution is -2.23. The number of nitrogens with two attached hydrogens (primary N) is 1. The van der Waals surface area contributed by atoms with E-state index in [1.54, 1.807) is 0 Å². The number of carbonyl (C=O) groups excluding carboxylic acids is 1. The molecule has 12 heteroatoms. The van der Waals surface area contributed by atoms with Gasteiger partial charge in [0.1, 0.15) is 11.3 Å². The maximum atomic E-state index is 14.2. The van der Waals surface area contributed by atoms with E-state index in [0.717, 1.165) is 37.9 Å². The minimum absolute atomic E-state index is 0.0170. The number of hydrogen-bond acceptors (Lipinski definition) is 5. The molecule has 4 aliphatic rings. The van der Waals surface area contributed by atoms with Gasteiger partial charge in [0.25, 0.3) is 15.9 Å². The summed E-state index contributed by atoms with van der Waals surface area (Å²) in [6.45, 7) is 0.289. The lowest BCUT2D eigenvalue weighted by atomic mass is 10.1. The number of alkyl halides is 3. The fourth-order valence-electron chi connectivity index (χ4n) is 5.92. The topological polar surface area (TPSA) is 120 Å². The summed E-state index contributed by atoms with van der Waals surface area (Å²) in [7, 11) is -4.14. The number of anilines is 1. The van der Waals surface area contributed by atoms with Crippen LogP contribution < -0.4 is 10.5 Å². The molecule has 2 heterocycles. The summed E-state index contributed by atoms with van der Waals surface area (Å²) in [6.07, 6.45) is 1.96. The van der Waals surface area contributed by atoms with E-state index in [1.807, 2.05) is 0 Å². The van der Waals surface area contributed by atoms with Crippen LogP contribution in [0.2, 0.25) is 0 Å². The van der Waals surface area contributed by atoms with E-state index >= 15 is 0 Å². The van der Waals surface area contributed by atoms with Crippen molar-refractivity contribution in [3.63, 3.8) is 0 Å². The molecule has 6 rings (SSSR count). The summed E-state index contributed by atoms with van der Waals surface area (Å²) < 4.78 is 66.9. The standard InChI is InChI=1S/C21H22F3N5O3S/c22-21(23,24)15-16(11-1-2-11)28-29(10-13-19(4-5-19)20(13)6-7-20)17(15)18(30)27-12-3-8-26-14(9-12)33(25,31)32/h3,8-9,11,13H,1-2,4-7,10H2,(H2,25,31,32)(H,26,27,30). The van der Waals surface area contributed by atoms with Crippen LogP contribution in [0.15, 0.2) is 23.4 Å². The minimum Gasteiger partial charge on any atom is -0.320 e. The third-order valence-corrected chi connectivity index (χ3v) is 8.71. The molecule has 8 nitrogen and oxygen atoms in total. The van der Waals surface area contributed by atoms with Crippen LogP contribution in [0.5, 0.6) is 0 Å². The molecule has 4 fully saturated rings.